The quantitative estimate of drug-likeness (QED) is 0.581. The fraction of sp³-hybridized carbons (Fsp3) is 0.875. The zero-order chi connectivity index (χ0) is 9.47. The lowest BCUT2D eigenvalue weighted by Gasteiger charge is -2.20. The summed E-state index contributed by atoms with van der Waals surface area (Å²) < 4.78 is 10.8. The highest BCUT2D eigenvalue weighted by atomic mass is 16.7. The summed E-state index contributed by atoms with van der Waals surface area (Å²) in [5, 5.41) is 8.84. The number of carboxylic acids is 1. The summed E-state index contributed by atoms with van der Waals surface area (Å²) in [5.41, 5.74) is 5.69. The molecule has 2 rings (SSSR count). The third-order valence-electron chi connectivity index (χ3n) is 2.73. The first-order valence-corrected chi connectivity index (χ1v) is 4.39. The van der Waals surface area contributed by atoms with Crippen molar-refractivity contribution in [2.45, 2.75) is 24.7 Å². The molecule has 5 nitrogen and oxygen atoms in total. The van der Waals surface area contributed by atoms with Crippen molar-refractivity contribution >= 4 is 5.97 Å². The molecule has 74 valence electrons. The summed E-state index contributed by atoms with van der Waals surface area (Å²) in [6, 6.07) is -0.351. The highest BCUT2D eigenvalue weighted by Gasteiger charge is 2.50. The number of carbonyl (C=O) groups is 1. The Morgan fingerprint density at radius 3 is 2.46 bits per heavy atom. The van der Waals surface area contributed by atoms with Crippen LogP contribution in [-0.2, 0) is 14.3 Å². The van der Waals surface area contributed by atoms with Gasteiger partial charge in [-0.25, -0.2) is 0 Å². The van der Waals surface area contributed by atoms with Gasteiger partial charge in [-0.05, 0) is 0 Å². The van der Waals surface area contributed by atoms with Gasteiger partial charge >= 0.3 is 5.97 Å². The van der Waals surface area contributed by atoms with E-state index in [9.17, 15) is 4.79 Å². The van der Waals surface area contributed by atoms with Crippen molar-refractivity contribution in [2.75, 3.05) is 13.2 Å². The smallest absolute Gasteiger partial charge is 0.308 e. The number of hydrogen-bond donors (Lipinski definition) is 2. The van der Waals surface area contributed by atoms with Crippen LogP contribution in [0.4, 0.5) is 0 Å². The molecule has 0 aromatic heterocycles. The molecule has 13 heavy (non-hydrogen) atoms. The van der Waals surface area contributed by atoms with Crippen LogP contribution in [0.1, 0.15) is 12.8 Å². The largest absolute Gasteiger partial charge is 0.481 e. The van der Waals surface area contributed by atoms with E-state index < -0.39 is 17.7 Å². The van der Waals surface area contributed by atoms with Crippen LogP contribution >= 0.6 is 0 Å². The molecule has 0 amide bonds. The minimum atomic E-state index is -0.858. The van der Waals surface area contributed by atoms with E-state index in [2.05, 4.69) is 0 Å². The summed E-state index contributed by atoms with van der Waals surface area (Å²) >= 11 is 0. The van der Waals surface area contributed by atoms with Gasteiger partial charge in [-0.1, -0.05) is 0 Å². The Kier molecular flexibility index (Phi) is 2.02. The second kappa shape index (κ2) is 2.94. The van der Waals surface area contributed by atoms with Gasteiger partial charge < -0.3 is 20.3 Å². The Morgan fingerprint density at radius 2 is 2.00 bits per heavy atom. The summed E-state index contributed by atoms with van der Waals surface area (Å²) in [6.45, 7) is 1.08. The number of aliphatic carboxylic acids is 1. The Bertz CT molecular complexity index is 224. The maximum atomic E-state index is 10.8. The number of rotatable bonds is 1. The SMILES string of the molecule is N[C@H]1CC2(C[C@H]1C(=O)O)OCCO2. The van der Waals surface area contributed by atoms with Crippen LogP contribution in [0.5, 0.6) is 0 Å². The van der Waals surface area contributed by atoms with Crippen LogP contribution in [0.3, 0.4) is 0 Å². The molecule has 2 fully saturated rings. The molecule has 1 heterocycles. The Balaban J connectivity index is 2.09. The maximum Gasteiger partial charge on any atom is 0.308 e. The van der Waals surface area contributed by atoms with Crippen LogP contribution in [0.15, 0.2) is 0 Å². The second-order valence-electron chi connectivity index (χ2n) is 3.62. The van der Waals surface area contributed by atoms with Crippen LogP contribution < -0.4 is 5.73 Å². The van der Waals surface area contributed by atoms with Crippen molar-refractivity contribution in [3.05, 3.63) is 0 Å². The zero-order valence-electron chi connectivity index (χ0n) is 7.23. The number of hydrogen-bond acceptors (Lipinski definition) is 4. The van der Waals surface area contributed by atoms with Crippen molar-refractivity contribution in [3.8, 4) is 0 Å². The monoisotopic (exact) mass is 187 g/mol. The first-order valence-electron chi connectivity index (χ1n) is 4.39. The highest BCUT2D eigenvalue weighted by molar-refractivity contribution is 5.71. The molecule has 0 bridgehead atoms. The van der Waals surface area contributed by atoms with E-state index in [0.717, 1.165) is 0 Å². The third-order valence-corrected chi connectivity index (χ3v) is 2.73. The van der Waals surface area contributed by atoms with Gasteiger partial charge in [0.15, 0.2) is 5.79 Å². The Labute approximate surface area is 75.8 Å². The van der Waals surface area contributed by atoms with Crippen molar-refractivity contribution in [3.63, 3.8) is 0 Å². The molecule has 1 spiro atoms. The van der Waals surface area contributed by atoms with Gasteiger partial charge in [-0.3, -0.25) is 4.79 Å². The summed E-state index contributed by atoms with van der Waals surface area (Å²) in [7, 11) is 0. The van der Waals surface area contributed by atoms with Crippen LogP contribution in [0, 0.1) is 5.92 Å². The molecule has 5 heteroatoms. The van der Waals surface area contributed by atoms with Crippen LogP contribution in [0.25, 0.3) is 0 Å². The standard InChI is InChI=1S/C8H13NO4/c9-6-4-8(12-1-2-13-8)3-5(6)7(10)11/h5-6H,1-4,9H2,(H,10,11)/t5-,6+/m1/s1. The highest BCUT2D eigenvalue weighted by Crippen LogP contribution is 2.40. The van der Waals surface area contributed by atoms with Crippen molar-refractivity contribution in [1.29, 1.82) is 0 Å². The lowest BCUT2D eigenvalue weighted by molar-refractivity contribution is -0.159. The summed E-state index contributed by atoms with van der Waals surface area (Å²) in [4.78, 5) is 10.8. The molecule has 1 aliphatic carbocycles. The van der Waals surface area contributed by atoms with Crippen molar-refractivity contribution in [1.82, 2.24) is 0 Å². The van der Waals surface area contributed by atoms with E-state index in [1.807, 2.05) is 0 Å². The normalized spacial score (nSPS) is 37.0. The lowest BCUT2D eigenvalue weighted by Crippen LogP contribution is -2.30. The molecule has 0 unspecified atom stereocenters. The minimum absolute atomic E-state index is 0.351. The second-order valence-corrected chi connectivity index (χ2v) is 3.62. The van der Waals surface area contributed by atoms with E-state index in [0.29, 0.717) is 26.1 Å². The molecule has 1 aliphatic heterocycles. The van der Waals surface area contributed by atoms with Gasteiger partial charge in [-0.2, -0.15) is 0 Å². The van der Waals surface area contributed by atoms with E-state index in [-0.39, 0.29) is 6.04 Å². The van der Waals surface area contributed by atoms with Crippen LogP contribution in [-0.4, -0.2) is 36.1 Å². The van der Waals surface area contributed by atoms with Gasteiger partial charge in [0.1, 0.15) is 0 Å². The van der Waals surface area contributed by atoms with Gasteiger partial charge in [0.2, 0.25) is 0 Å². The average Bonchev–Trinajstić information content (AvgIpc) is 2.60. The van der Waals surface area contributed by atoms with Crippen molar-refractivity contribution < 1.29 is 19.4 Å². The fourth-order valence-corrected chi connectivity index (χ4v) is 2.07. The Hall–Kier alpha value is -0.650. The van der Waals surface area contributed by atoms with E-state index in [4.69, 9.17) is 20.3 Å². The van der Waals surface area contributed by atoms with Crippen LogP contribution in [0.2, 0.25) is 0 Å². The lowest BCUT2D eigenvalue weighted by atomic mass is 10.1. The van der Waals surface area contributed by atoms with Gasteiger partial charge in [0.05, 0.1) is 19.1 Å². The topological polar surface area (TPSA) is 81.8 Å². The maximum absolute atomic E-state index is 10.8. The number of nitrogens with two attached hydrogens (primary N) is 1. The summed E-state index contributed by atoms with van der Waals surface area (Å²) in [6.07, 6.45) is 0.869. The van der Waals surface area contributed by atoms with E-state index in [1.165, 1.54) is 0 Å². The molecule has 1 saturated heterocycles. The molecule has 2 aliphatic rings. The average molecular weight is 187 g/mol. The first-order chi connectivity index (χ1) is 6.13. The first kappa shape index (κ1) is 8.93. The van der Waals surface area contributed by atoms with Gasteiger partial charge in [-0.15, -0.1) is 0 Å². The third kappa shape index (κ3) is 1.43. The van der Waals surface area contributed by atoms with Gasteiger partial charge in [0.25, 0.3) is 0 Å². The molecule has 0 aromatic carbocycles. The molecular formula is C8H13NO4. The minimum Gasteiger partial charge on any atom is -0.481 e. The van der Waals surface area contributed by atoms with E-state index >= 15 is 0 Å². The molecule has 2 atom stereocenters. The molecule has 0 aromatic rings. The molecule has 0 radical (unpaired) electrons. The number of carboxylic acid groups (broad SMARTS) is 1. The molecule has 3 N–H and O–H groups in total. The fourth-order valence-electron chi connectivity index (χ4n) is 2.07. The van der Waals surface area contributed by atoms with Gasteiger partial charge in [0, 0.05) is 18.9 Å². The summed E-state index contributed by atoms with van der Waals surface area (Å²) in [5.74, 6) is -2.08. The Morgan fingerprint density at radius 1 is 1.38 bits per heavy atom. The van der Waals surface area contributed by atoms with Crippen molar-refractivity contribution in [2.24, 2.45) is 11.7 Å². The zero-order valence-corrected chi connectivity index (χ0v) is 7.23. The molecule has 1 saturated carbocycles. The predicted molar refractivity (Wildman–Crippen MR) is 43.0 cm³/mol. The number of ether oxygens (including phenoxy) is 2. The predicted octanol–water partition coefficient (Wildman–Crippen LogP) is -0.449. The van der Waals surface area contributed by atoms with E-state index in [1.54, 1.807) is 0 Å². The molecular weight excluding hydrogens is 174 g/mol.